The van der Waals surface area contributed by atoms with Gasteiger partial charge in [0, 0.05) is 19.0 Å². The maximum atomic E-state index is 11.8. The van der Waals surface area contributed by atoms with E-state index >= 15 is 0 Å². The number of nitrogens with one attached hydrogen (secondary N) is 2. The summed E-state index contributed by atoms with van der Waals surface area (Å²) in [6.45, 7) is 6.25. The topological polar surface area (TPSA) is 44.4 Å². The molecule has 1 amide bonds. The van der Waals surface area contributed by atoms with Gasteiger partial charge in [-0.2, -0.15) is 0 Å². The third-order valence-electron chi connectivity index (χ3n) is 3.64. The van der Waals surface area contributed by atoms with Crippen molar-refractivity contribution in [3.63, 3.8) is 0 Å². The van der Waals surface area contributed by atoms with Crippen LogP contribution in [0, 0.1) is 5.92 Å². The molecule has 2 N–H and O–H groups in total. The molecule has 0 aromatic heterocycles. The predicted octanol–water partition coefficient (Wildman–Crippen LogP) is 1.04. The Kier molecular flexibility index (Phi) is 9.83. The summed E-state index contributed by atoms with van der Waals surface area (Å²) in [5.41, 5.74) is 0. The van der Waals surface area contributed by atoms with Crippen LogP contribution >= 0.6 is 24.8 Å². The molecule has 108 valence electrons. The molecule has 0 saturated carbocycles. The van der Waals surface area contributed by atoms with Crippen LogP contribution in [0.4, 0.5) is 0 Å². The Morgan fingerprint density at radius 2 is 1.78 bits per heavy atom. The minimum absolute atomic E-state index is 0. The van der Waals surface area contributed by atoms with Gasteiger partial charge in [0.1, 0.15) is 0 Å². The molecule has 0 aromatic carbocycles. The summed E-state index contributed by atoms with van der Waals surface area (Å²) >= 11 is 0. The summed E-state index contributed by atoms with van der Waals surface area (Å²) in [5.74, 6) is 0.514. The molecule has 0 aliphatic carbocycles. The first-order valence-corrected chi connectivity index (χ1v) is 6.57. The Bertz CT molecular complexity index is 229. The molecule has 0 aromatic rings. The van der Waals surface area contributed by atoms with Crippen LogP contribution in [0.25, 0.3) is 0 Å². The average molecular weight is 298 g/mol. The molecule has 2 fully saturated rings. The normalized spacial score (nSPS) is 20.9. The molecule has 2 rings (SSSR count). The average Bonchev–Trinajstić information content (AvgIpc) is 2.83. The number of likely N-dealkylation sites (tertiary alicyclic amines) is 1. The van der Waals surface area contributed by atoms with Crippen molar-refractivity contribution >= 4 is 30.7 Å². The van der Waals surface area contributed by atoms with Gasteiger partial charge < -0.3 is 15.5 Å². The van der Waals surface area contributed by atoms with Gasteiger partial charge in [-0.15, -0.1) is 24.8 Å². The number of hydrogen-bond donors (Lipinski definition) is 2. The number of carbonyl (C=O) groups excluding carboxylic acids is 1. The van der Waals surface area contributed by atoms with Gasteiger partial charge in [0.05, 0.1) is 0 Å². The largest absolute Gasteiger partial charge is 0.355 e. The molecule has 0 radical (unpaired) electrons. The van der Waals surface area contributed by atoms with Crippen LogP contribution in [0.3, 0.4) is 0 Å². The third kappa shape index (κ3) is 5.74. The van der Waals surface area contributed by atoms with E-state index in [1.54, 1.807) is 0 Å². The predicted molar refractivity (Wildman–Crippen MR) is 78.8 cm³/mol. The second-order valence-electron chi connectivity index (χ2n) is 4.86. The van der Waals surface area contributed by atoms with E-state index in [0.29, 0.717) is 0 Å². The second kappa shape index (κ2) is 9.84. The molecule has 6 heteroatoms. The van der Waals surface area contributed by atoms with Crippen LogP contribution in [0.1, 0.15) is 25.7 Å². The molecule has 0 bridgehead atoms. The number of piperidine rings is 1. The molecule has 0 unspecified atom stereocenters. The molecule has 4 nitrogen and oxygen atoms in total. The Morgan fingerprint density at radius 1 is 1.17 bits per heavy atom. The van der Waals surface area contributed by atoms with E-state index in [2.05, 4.69) is 15.5 Å². The first kappa shape index (κ1) is 18.0. The molecule has 2 aliphatic rings. The summed E-state index contributed by atoms with van der Waals surface area (Å²) in [7, 11) is 0. The lowest BCUT2D eigenvalue weighted by Crippen LogP contribution is -2.40. The van der Waals surface area contributed by atoms with Crippen LogP contribution in [-0.2, 0) is 4.79 Å². The maximum Gasteiger partial charge on any atom is 0.223 e. The molecule has 2 saturated heterocycles. The lowest BCUT2D eigenvalue weighted by molar-refractivity contribution is -0.125. The van der Waals surface area contributed by atoms with Crippen molar-refractivity contribution in [2.75, 3.05) is 39.3 Å². The number of rotatable bonds is 4. The van der Waals surface area contributed by atoms with Gasteiger partial charge in [0.25, 0.3) is 0 Å². The molecule has 2 heterocycles. The van der Waals surface area contributed by atoms with Crippen LogP contribution in [0.15, 0.2) is 0 Å². The van der Waals surface area contributed by atoms with E-state index in [4.69, 9.17) is 0 Å². The zero-order chi connectivity index (χ0) is 11.2. The Morgan fingerprint density at radius 3 is 2.39 bits per heavy atom. The Labute approximate surface area is 122 Å². The number of nitrogens with zero attached hydrogens (tertiary/aromatic N) is 1. The fourth-order valence-electron chi connectivity index (χ4n) is 2.57. The highest BCUT2D eigenvalue weighted by Crippen LogP contribution is 2.11. The standard InChI is InChI=1S/C12H23N3O.2ClH/c16-12(11-3-5-13-6-4-11)14-7-10-15-8-1-2-9-15;;/h11,13H,1-10H2,(H,14,16);2*1H. The minimum Gasteiger partial charge on any atom is -0.355 e. The van der Waals surface area contributed by atoms with Gasteiger partial charge in [-0.25, -0.2) is 0 Å². The van der Waals surface area contributed by atoms with Crippen molar-refractivity contribution < 1.29 is 4.79 Å². The first-order valence-electron chi connectivity index (χ1n) is 6.57. The van der Waals surface area contributed by atoms with Gasteiger partial charge >= 0.3 is 0 Å². The third-order valence-corrected chi connectivity index (χ3v) is 3.64. The van der Waals surface area contributed by atoms with E-state index in [9.17, 15) is 4.79 Å². The number of halogens is 2. The van der Waals surface area contributed by atoms with Crippen molar-refractivity contribution in [3.05, 3.63) is 0 Å². The van der Waals surface area contributed by atoms with Gasteiger partial charge in [-0.3, -0.25) is 4.79 Å². The van der Waals surface area contributed by atoms with E-state index in [1.165, 1.54) is 25.9 Å². The molecule has 2 aliphatic heterocycles. The van der Waals surface area contributed by atoms with Gasteiger partial charge in [-0.1, -0.05) is 0 Å². The fourth-order valence-corrected chi connectivity index (χ4v) is 2.57. The second-order valence-corrected chi connectivity index (χ2v) is 4.86. The summed E-state index contributed by atoms with van der Waals surface area (Å²) in [6.07, 6.45) is 4.63. The van der Waals surface area contributed by atoms with Crippen LogP contribution in [-0.4, -0.2) is 50.1 Å². The highest BCUT2D eigenvalue weighted by atomic mass is 35.5. The highest BCUT2D eigenvalue weighted by Gasteiger charge is 2.20. The number of carbonyl (C=O) groups is 1. The van der Waals surface area contributed by atoms with Crippen molar-refractivity contribution in [2.24, 2.45) is 5.92 Å². The lowest BCUT2D eigenvalue weighted by atomic mass is 9.97. The first-order chi connectivity index (χ1) is 7.86. The Balaban J connectivity index is 0.00000144. The van der Waals surface area contributed by atoms with E-state index in [1.807, 2.05) is 0 Å². The SMILES string of the molecule is Cl.Cl.O=C(NCCN1CCCC1)C1CCNCC1. The molecule has 18 heavy (non-hydrogen) atoms. The summed E-state index contributed by atoms with van der Waals surface area (Å²) in [6, 6.07) is 0. The van der Waals surface area contributed by atoms with Crippen molar-refractivity contribution in [1.29, 1.82) is 0 Å². The van der Waals surface area contributed by atoms with Gasteiger partial charge in [0.15, 0.2) is 0 Å². The smallest absolute Gasteiger partial charge is 0.223 e. The zero-order valence-electron chi connectivity index (χ0n) is 10.8. The summed E-state index contributed by atoms with van der Waals surface area (Å²) < 4.78 is 0. The van der Waals surface area contributed by atoms with Gasteiger partial charge in [-0.05, 0) is 51.9 Å². The quantitative estimate of drug-likeness (QED) is 0.815. The highest BCUT2D eigenvalue weighted by molar-refractivity contribution is 5.85. The summed E-state index contributed by atoms with van der Waals surface area (Å²) in [5, 5.41) is 6.35. The lowest BCUT2D eigenvalue weighted by Gasteiger charge is -2.22. The van der Waals surface area contributed by atoms with Crippen LogP contribution in [0.2, 0.25) is 0 Å². The van der Waals surface area contributed by atoms with E-state index < -0.39 is 0 Å². The maximum absolute atomic E-state index is 11.8. The summed E-state index contributed by atoms with van der Waals surface area (Å²) in [4.78, 5) is 14.2. The van der Waals surface area contributed by atoms with E-state index in [-0.39, 0.29) is 36.6 Å². The molecule has 0 spiro atoms. The molecule has 0 atom stereocenters. The monoisotopic (exact) mass is 297 g/mol. The van der Waals surface area contributed by atoms with Crippen LogP contribution < -0.4 is 10.6 Å². The van der Waals surface area contributed by atoms with Crippen molar-refractivity contribution in [2.45, 2.75) is 25.7 Å². The van der Waals surface area contributed by atoms with Gasteiger partial charge in [0.2, 0.25) is 5.91 Å². The van der Waals surface area contributed by atoms with Crippen molar-refractivity contribution in [1.82, 2.24) is 15.5 Å². The number of amides is 1. The van der Waals surface area contributed by atoms with Crippen molar-refractivity contribution in [3.8, 4) is 0 Å². The fraction of sp³-hybridized carbons (Fsp3) is 0.917. The van der Waals surface area contributed by atoms with Crippen LogP contribution in [0.5, 0.6) is 0 Å². The molecular formula is C12H25Cl2N3O. The molecular weight excluding hydrogens is 273 g/mol. The Hall–Kier alpha value is -0.0300. The minimum atomic E-state index is 0. The van der Waals surface area contributed by atoms with E-state index in [0.717, 1.165) is 39.0 Å². The zero-order valence-corrected chi connectivity index (χ0v) is 12.5. The number of hydrogen-bond acceptors (Lipinski definition) is 3.